The van der Waals surface area contributed by atoms with Gasteiger partial charge in [-0.3, -0.25) is 4.79 Å². The molecule has 238 valence electrons. The number of unbranched alkanes of at least 4 members (excludes halogenated alkanes) is 3. The summed E-state index contributed by atoms with van der Waals surface area (Å²) >= 11 is 0. The predicted molar refractivity (Wildman–Crippen MR) is 183 cm³/mol. The van der Waals surface area contributed by atoms with Crippen molar-refractivity contribution in [3.8, 4) is 23.0 Å². The van der Waals surface area contributed by atoms with Crippen molar-refractivity contribution in [2.45, 2.75) is 64.0 Å². The first-order valence-electron chi connectivity index (χ1n) is 15.8. The molecule has 4 aromatic rings. The third-order valence-corrected chi connectivity index (χ3v) is 13.3. The van der Waals surface area contributed by atoms with E-state index in [-0.39, 0.29) is 28.6 Å². The molecule has 5 rings (SSSR count). The molecule has 0 aromatic heterocycles. The van der Waals surface area contributed by atoms with E-state index < -0.39 is 14.4 Å². The van der Waals surface area contributed by atoms with E-state index in [9.17, 15) is 9.90 Å². The van der Waals surface area contributed by atoms with Crippen LogP contribution in [0.2, 0.25) is 5.04 Å². The average molecular weight is 636 g/mol. The third-order valence-electron chi connectivity index (χ3n) is 8.40. The van der Waals surface area contributed by atoms with Gasteiger partial charge < -0.3 is 19.0 Å². The number of azide groups is 1. The summed E-state index contributed by atoms with van der Waals surface area (Å²) in [6.45, 7) is 7.70. The predicted octanol–water partition coefficient (Wildman–Crippen LogP) is 8.29. The number of ketones is 1. The van der Waals surface area contributed by atoms with Gasteiger partial charge in [0.15, 0.2) is 5.78 Å². The van der Waals surface area contributed by atoms with E-state index in [1.165, 1.54) is 0 Å². The van der Waals surface area contributed by atoms with Crippen LogP contribution < -0.4 is 24.3 Å². The molecule has 0 bridgehead atoms. The van der Waals surface area contributed by atoms with Crippen LogP contribution >= 0.6 is 0 Å². The second-order valence-corrected chi connectivity index (χ2v) is 16.8. The summed E-state index contributed by atoms with van der Waals surface area (Å²) in [5.74, 6) is 1.20. The minimum absolute atomic E-state index is 0.117. The van der Waals surface area contributed by atoms with Crippen molar-refractivity contribution in [3.05, 3.63) is 119 Å². The summed E-state index contributed by atoms with van der Waals surface area (Å²) < 4.78 is 19.4. The van der Waals surface area contributed by atoms with E-state index in [4.69, 9.17) is 19.4 Å². The zero-order valence-corrected chi connectivity index (χ0v) is 27.7. The molecule has 1 aliphatic rings. The molecule has 1 N–H and O–H groups in total. The van der Waals surface area contributed by atoms with Gasteiger partial charge in [-0.15, -0.1) is 0 Å². The molecular formula is C37H41N3O5Si. The number of ether oxygens (including phenoxy) is 2. The Bertz CT molecular complexity index is 1630. The molecule has 0 fully saturated rings. The smallest absolute Gasteiger partial charge is 0.319 e. The standard InChI is InChI=1S/C37H41N3O5Si/c1-37(2,3)46(30-14-8-6-9-15-30,31-16-10-7-11-17-31)45-29-24-32(41)36-33(42)26-34(44-35(36)25-29)27-18-20-28(21-19-27)43-23-13-5-4-12-22-39-40-38/h6-11,14-21,24-25,34,41H,4-5,12-13,22-23,26H2,1-3H3. The van der Waals surface area contributed by atoms with Crippen LogP contribution in [0.25, 0.3) is 10.4 Å². The fourth-order valence-electron chi connectivity index (χ4n) is 6.14. The van der Waals surface area contributed by atoms with Gasteiger partial charge in [-0.1, -0.05) is 112 Å². The summed E-state index contributed by atoms with van der Waals surface area (Å²) in [5.41, 5.74) is 9.38. The van der Waals surface area contributed by atoms with Gasteiger partial charge in [0.25, 0.3) is 0 Å². The highest BCUT2D eigenvalue weighted by Crippen LogP contribution is 2.44. The number of hydrogen-bond acceptors (Lipinski definition) is 6. The van der Waals surface area contributed by atoms with Gasteiger partial charge >= 0.3 is 8.32 Å². The molecule has 46 heavy (non-hydrogen) atoms. The number of carbonyl (C=O) groups excluding carboxylic acids is 1. The fourth-order valence-corrected chi connectivity index (χ4v) is 10.5. The van der Waals surface area contributed by atoms with E-state index in [0.29, 0.717) is 24.7 Å². The van der Waals surface area contributed by atoms with Gasteiger partial charge in [0.2, 0.25) is 0 Å². The van der Waals surface area contributed by atoms with E-state index >= 15 is 0 Å². The lowest BCUT2D eigenvalue weighted by Gasteiger charge is -2.43. The number of fused-ring (bicyclic) bond motifs is 1. The van der Waals surface area contributed by atoms with Crippen LogP contribution in [-0.4, -0.2) is 32.4 Å². The molecule has 8 nitrogen and oxygen atoms in total. The number of phenols is 1. The molecule has 0 amide bonds. The third kappa shape index (κ3) is 7.22. The first kappa shape index (κ1) is 32.7. The normalized spacial score (nSPS) is 14.5. The van der Waals surface area contributed by atoms with Crippen molar-refractivity contribution in [1.29, 1.82) is 0 Å². The minimum atomic E-state index is -2.97. The second kappa shape index (κ2) is 14.6. The Morgan fingerprint density at radius 2 is 1.52 bits per heavy atom. The topological polar surface area (TPSA) is 114 Å². The summed E-state index contributed by atoms with van der Waals surface area (Å²) in [6, 6.07) is 31.5. The van der Waals surface area contributed by atoms with Crippen molar-refractivity contribution in [1.82, 2.24) is 0 Å². The molecule has 1 unspecified atom stereocenters. The molecule has 0 saturated carbocycles. The summed E-state index contributed by atoms with van der Waals surface area (Å²) in [6.07, 6.45) is 3.41. The number of hydrogen-bond donors (Lipinski definition) is 1. The SMILES string of the molecule is CC(C)(C)[Si](Oc1cc(O)c2c(c1)OC(c1ccc(OCCCCCCN=[N+]=[N-])cc1)CC2=O)(c1ccccc1)c1ccccc1. The van der Waals surface area contributed by atoms with Gasteiger partial charge in [0.05, 0.1) is 13.0 Å². The maximum Gasteiger partial charge on any atom is 0.319 e. The minimum Gasteiger partial charge on any atom is -0.534 e. The van der Waals surface area contributed by atoms with Gasteiger partial charge in [-0.2, -0.15) is 0 Å². The highest BCUT2D eigenvalue weighted by Gasteiger charge is 2.52. The van der Waals surface area contributed by atoms with Crippen LogP contribution in [0, 0.1) is 0 Å². The summed E-state index contributed by atoms with van der Waals surface area (Å²) in [4.78, 5) is 16.1. The Balaban J connectivity index is 1.36. The number of phenolic OH excluding ortho intramolecular Hbond substituents is 1. The molecule has 1 heterocycles. The molecule has 1 atom stereocenters. The molecule has 4 aromatic carbocycles. The zero-order valence-electron chi connectivity index (χ0n) is 26.7. The Labute approximate surface area is 271 Å². The highest BCUT2D eigenvalue weighted by molar-refractivity contribution is 7.00. The molecule has 0 saturated heterocycles. The Hall–Kier alpha value is -4.72. The highest BCUT2D eigenvalue weighted by atomic mass is 28.4. The quantitative estimate of drug-likeness (QED) is 0.0522. The van der Waals surface area contributed by atoms with Gasteiger partial charge in [-0.05, 0) is 51.5 Å². The number of rotatable bonds is 13. The van der Waals surface area contributed by atoms with Crippen LogP contribution in [0.5, 0.6) is 23.0 Å². The Morgan fingerprint density at radius 1 is 0.891 bits per heavy atom. The largest absolute Gasteiger partial charge is 0.534 e. The Kier molecular flexibility index (Phi) is 10.4. The second-order valence-electron chi connectivity index (χ2n) is 12.6. The lowest BCUT2D eigenvalue weighted by molar-refractivity contribution is 0.0845. The van der Waals surface area contributed by atoms with Crippen LogP contribution in [0.3, 0.4) is 0 Å². The van der Waals surface area contributed by atoms with Gasteiger partial charge in [0.1, 0.15) is 34.7 Å². The first-order valence-corrected chi connectivity index (χ1v) is 17.7. The fraction of sp³-hybridized carbons (Fsp3) is 0.324. The van der Waals surface area contributed by atoms with Crippen molar-refractivity contribution in [2.75, 3.05) is 13.2 Å². The lowest BCUT2D eigenvalue weighted by atomic mass is 9.95. The van der Waals surface area contributed by atoms with E-state index in [0.717, 1.165) is 47.4 Å². The van der Waals surface area contributed by atoms with E-state index in [1.807, 2.05) is 60.7 Å². The molecule has 0 spiro atoms. The van der Waals surface area contributed by atoms with Crippen LogP contribution in [0.15, 0.2) is 102 Å². The van der Waals surface area contributed by atoms with Crippen molar-refractivity contribution in [2.24, 2.45) is 5.11 Å². The van der Waals surface area contributed by atoms with E-state index in [2.05, 4.69) is 55.1 Å². The number of nitrogens with zero attached hydrogens (tertiary/aromatic N) is 3. The number of benzene rings is 4. The maximum absolute atomic E-state index is 13.3. The first-order chi connectivity index (χ1) is 22.2. The number of aromatic hydroxyl groups is 1. The molecular weight excluding hydrogens is 595 g/mol. The van der Waals surface area contributed by atoms with Crippen LogP contribution in [-0.2, 0) is 0 Å². The Morgan fingerprint density at radius 3 is 2.13 bits per heavy atom. The molecule has 0 aliphatic carbocycles. The van der Waals surface area contributed by atoms with Gasteiger partial charge in [-0.25, -0.2) is 0 Å². The van der Waals surface area contributed by atoms with Crippen LogP contribution in [0.4, 0.5) is 0 Å². The molecule has 9 heteroatoms. The number of carbonyl (C=O) groups is 1. The van der Waals surface area contributed by atoms with E-state index in [1.54, 1.807) is 12.1 Å². The maximum atomic E-state index is 13.3. The van der Waals surface area contributed by atoms with Crippen LogP contribution in [0.1, 0.15) is 74.9 Å². The lowest BCUT2D eigenvalue weighted by Crippen LogP contribution is -2.68. The summed E-state index contributed by atoms with van der Waals surface area (Å²) in [5, 5.41) is 16.6. The molecule has 0 radical (unpaired) electrons. The van der Waals surface area contributed by atoms with Crippen molar-refractivity contribution in [3.63, 3.8) is 0 Å². The van der Waals surface area contributed by atoms with Crippen molar-refractivity contribution >= 4 is 24.5 Å². The molecule has 1 aliphatic heterocycles. The van der Waals surface area contributed by atoms with Gasteiger partial charge in [0, 0.05) is 23.6 Å². The number of Topliss-reactive ketones (excluding diaryl/α,β-unsaturated/α-hetero) is 1. The van der Waals surface area contributed by atoms with Crippen molar-refractivity contribution < 1.29 is 23.8 Å². The average Bonchev–Trinajstić information content (AvgIpc) is 3.05. The zero-order chi connectivity index (χ0) is 32.6. The summed E-state index contributed by atoms with van der Waals surface area (Å²) in [7, 11) is -2.97. The monoisotopic (exact) mass is 635 g/mol.